The summed E-state index contributed by atoms with van der Waals surface area (Å²) in [5.74, 6) is 0.216. The van der Waals surface area contributed by atoms with Crippen molar-refractivity contribution in [3.8, 4) is 17.0 Å². The Labute approximate surface area is 172 Å². The number of ether oxygens (including phenoxy) is 1. The average Bonchev–Trinajstić information content (AvgIpc) is 2.65. The molecule has 0 aliphatic carbocycles. The molecule has 1 aromatic heterocycles. The fourth-order valence-electron chi connectivity index (χ4n) is 3.95. The van der Waals surface area contributed by atoms with Gasteiger partial charge in [0.25, 0.3) is 0 Å². The number of alkyl halides is 3. The molecule has 0 spiro atoms. The number of benzene rings is 2. The molecule has 158 valence electrons. The number of aromatic hydroxyl groups is 1. The quantitative estimate of drug-likeness (QED) is 0.640. The van der Waals surface area contributed by atoms with Crippen LogP contribution in [0.1, 0.15) is 25.0 Å². The van der Waals surface area contributed by atoms with Crippen LogP contribution >= 0.6 is 0 Å². The predicted molar refractivity (Wildman–Crippen MR) is 109 cm³/mol. The third-order valence-corrected chi connectivity index (χ3v) is 5.22. The van der Waals surface area contributed by atoms with Crippen LogP contribution in [0.4, 0.5) is 19.0 Å². The van der Waals surface area contributed by atoms with E-state index in [0.29, 0.717) is 30.0 Å². The van der Waals surface area contributed by atoms with Gasteiger partial charge in [-0.05, 0) is 45.0 Å². The molecule has 1 N–H and O–H groups in total. The lowest BCUT2D eigenvalue weighted by Gasteiger charge is -2.36. The molecule has 8 heteroatoms. The van der Waals surface area contributed by atoms with Crippen molar-refractivity contribution in [1.82, 2.24) is 10.2 Å². The Bertz CT molecular complexity index is 1090. The molecular formula is C22H22F3N3O2. The van der Waals surface area contributed by atoms with Gasteiger partial charge in [0.2, 0.25) is 0 Å². The molecule has 4 rings (SSSR count). The molecule has 1 aliphatic rings. The highest BCUT2D eigenvalue weighted by Gasteiger charge is 2.32. The number of aryl methyl sites for hydroxylation is 1. The van der Waals surface area contributed by atoms with Crippen molar-refractivity contribution < 1.29 is 23.0 Å². The van der Waals surface area contributed by atoms with Gasteiger partial charge in [0, 0.05) is 29.4 Å². The van der Waals surface area contributed by atoms with Crippen molar-refractivity contribution in [2.45, 2.75) is 39.2 Å². The van der Waals surface area contributed by atoms with Gasteiger partial charge in [-0.2, -0.15) is 13.2 Å². The normalized spacial score (nSPS) is 20.0. The van der Waals surface area contributed by atoms with Gasteiger partial charge in [-0.1, -0.05) is 17.7 Å². The van der Waals surface area contributed by atoms with Gasteiger partial charge >= 0.3 is 6.18 Å². The summed E-state index contributed by atoms with van der Waals surface area (Å²) in [5.41, 5.74) is 0.660. The first-order valence-electron chi connectivity index (χ1n) is 9.71. The number of rotatable bonds is 2. The van der Waals surface area contributed by atoms with Crippen LogP contribution in [0.15, 0.2) is 36.4 Å². The van der Waals surface area contributed by atoms with E-state index in [1.165, 1.54) is 6.07 Å². The van der Waals surface area contributed by atoms with E-state index in [1.807, 2.05) is 39.0 Å². The van der Waals surface area contributed by atoms with Crippen molar-refractivity contribution in [2.24, 2.45) is 0 Å². The van der Waals surface area contributed by atoms with Crippen molar-refractivity contribution in [3.05, 3.63) is 47.5 Å². The number of nitrogens with zero attached hydrogens (tertiary/aromatic N) is 3. The van der Waals surface area contributed by atoms with Crippen LogP contribution in [0.2, 0.25) is 0 Å². The first-order valence-corrected chi connectivity index (χ1v) is 9.71. The molecule has 0 saturated carbocycles. The van der Waals surface area contributed by atoms with E-state index in [2.05, 4.69) is 15.1 Å². The number of aromatic nitrogens is 2. The van der Waals surface area contributed by atoms with Gasteiger partial charge in [0.05, 0.1) is 17.8 Å². The second-order valence-corrected chi connectivity index (χ2v) is 7.81. The average molecular weight is 417 g/mol. The topological polar surface area (TPSA) is 58.5 Å². The van der Waals surface area contributed by atoms with Crippen LogP contribution in [0.3, 0.4) is 0 Å². The lowest BCUT2D eigenvalue weighted by molar-refractivity contribution is -0.137. The minimum atomic E-state index is -4.53. The Morgan fingerprint density at radius 1 is 1.00 bits per heavy atom. The Hall–Kier alpha value is -2.87. The van der Waals surface area contributed by atoms with E-state index in [-0.39, 0.29) is 17.8 Å². The van der Waals surface area contributed by atoms with Crippen LogP contribution in [0.25, 0.3) is 22.0 Å². The predicted octanol–water partition coefficient (Wildman–Crippen LogP) is 4.94. The highest BCUT2D eigenvalue weighted by atomic mass is 19.4. The molecule has 3 aromatic rings. The van der Waals surface area contributed by atoms with Gasteiger partial charge in [-0.15, -0.1) is 10.2 Å². The fraction of sp³-hybridized carbons (Fsp3) is 0.364. The van der Waals surface area contributed by atoms with Crippen LogP contribution in [-0.2, 0) is 10.9 Å². The maximum atomic E-state index is 13.0. The van der Waals surface area contributed by atoms with Crippen LogP contribution < -0.4 is 4.90 Å². The summed E-state index contributed by atoms with van der Waals surface area (Å²) in [6.07, 6.45) is -4.46. The third-order valence-electron chi connectivity index (χ3n) is 5.22. The van der Waals surface area contributed by atoms with Crippen LogP contribution in [0.5, 0.6) is 5.75 Å². The molecule has 5 nitrogen and oxygen atoms in total. The maximum Gasteiger partial charge on any atom is 0.416 e. The van der Waals surface area contributed by atoms with Crippen molar-refractivity contribution in [2.75, 3.05) is 18.0 Å². The number of hydrogen-bond acceptors (Lipinski definition) is 5. The summed E-state index contributed by atoms with van der Waals surface area (Å²) in [6, 6.07) is 8.65. The number of fused-ring (bicyclic) bond motifs is 1. The SMILES string of the molecule is Cc1ccc2c(-c3ccc(C(F)(F)F)cc3O)nnc(N3C[C@@H](C)O[C@@H](C)C3)c2c1. The molecule has 2 heterocycles. The third kappa shape index (κ3) is 3.79. The zero-order valence-corrected chi connectivity index (χ0v) is 16.9. The van der Waals surface area contributed by atoms with Crippen LogP contribution in [-0.4, -0.2) is 40.6 Å². The molecule has 0 unspecified atom stereocenters. The fourth-order valence-corrected chi connectivity index (χ4v) is 3.95. The van der Waals surface area contributed by atoms with Gasteiger partial charge in [-0.25, -0.2) is 0 Å². The van der Waals surface area contributed by atoms with Crippen molar-refractivity contribution in [1.29, 1.82) is 0 Å². The van der Waals surface area contributed by atoms with E-state index >= 15 is 0 Å². The van der Waals surface area contributed by atoms with Crippen molar-refractivity contribution >= 4 is 16.6 Å². The molecule has 1 aliphatic heterocycles. The van der Waals surface area contributed by atoms with Gasteiger partial charge in [0.15, 0.2) is 5.82 Å². The lowest BCUT2D eigenvalue weighted by atomic mass is 10.0. The molecule has 0 bridgehead atoms. The lowest BCUT2D eigenvalue weighted by Crippen LogP contribution is -2.46. The maximum absolute atomic E-state index is 13.0. The minimum absolute atomic E-state index is 0.0362. The molecule has 0 amide bonds. The number of halogens is 3. The zero-order valence-electron chi connectivity index (χ0n) is 16.9. The van der Waals surface area contributed by atoms with Crippen LogP contribution in [0, 0.1) is 6.92 Å². The number of phenolic OH excluding ortho intramolecular Hbond substituents is 1. The highest BCUT2D eigenvalue weighted by Crippen LogP contribution is 2.39. The molecule has 0 radical (unpaired) electrons. The molecule has 30 heavy (non-hydrogen) atoms. The zero-order chi connectivity index (χ0) is 21.6. The minimum Gasteiger partial charge on any atom is -0.507 e. The number of hydrogen-bond donors (Lipinski definition) is 1. The van der Waals surface area contributed by atoms with E-state index in [9.17, 15) is 18.3 Å². The van der Waals surface area contributed by atoms with E-state index in [1.54, 1.807) is 0 Å². The van der Waals surface area contributed by atoms with E-state index < -0.39 is 17.5 Å². The molecule has 2 atom stereocenters. The smallest absolute Gasteiger partial charge is 0.416 e. The number of anilines is 1. The number of phenols is 1. The van der Waals surface area contributed by atoms with E-state index in [0.717, 1.165) is 23.1 Å². The monoisotopic (exact) mass is 417 g/mol. The second-order valence-electron chi connectivity index (χ2n) is 7.81. The largest absolute Gasteiger partial charge is 0.507 e. The summed E-state index contributed by atoms with van der Waals surface area (Å²) in [6.45, 7) is 7.28. The Morgan fingerprint density at radius 2 is 1.70 bits per heavy atom. The second kappa shape index (κ2) is 7.43. The summed E-state index contributed by atoms with van der Waals surface area (Å²) < 4.78 is 44.7. The summed E-state index contributed by atoms with van der Waals surface area (Å²) in [5, 5.41) is 20.6. The Balaban J connectivity index is 1.86. The first-order chi connectivity index (χ1) is 14.1. The van der Waals surface area contributed by atoms with Gasteiger partial charge in [-0.3, -0.25) is 0 Å². The Morgan fingerprint density at radius 3 is 2.33 bits per heavy atom. The van der Waals surface area contributed by atoms with Gasteiger partial charge < -0.3 is 14.7 Å². The standard InChI is InChI=1S/C22H22F3N3O2/c1-12-4-6-16-18(8-12)21(28-10-13(2)30-14(3)11-28)27-26-20(16)17-7-5-15(9-19(17)29)22(23,24)25/h4-9,13-14,29H,10-11H2,1-3H3/t13-,14+. The van der Waals surface area contributed by atoms with Gasteiger partial charge in [0.1, 0.15) is 11.4 Å². The molecule has 2 aromatic carbocycles. The van der Waals surface area contributed by atoms with Crippen molar-refractivity contribution in [3.63, 3.8) is 0 Å². The molecular weight excluding hydrogens is 395 g/mol. The summed E-state index contributed by atoms with van der Waals surface area (Å²) >= 11 is 0. The van der Waals surface area contributed by atoms with E-state index in [4.69, 9.17) is 4.74 Å². The number of morpholine rings is 1. The highest BCUT2D eigenvalue weighted by molar-refractivity contribution is 6.01. The molecule has 1 saturated heterocycles. The summed E-state index contributed by atoms with van der Waals surface area (Å²) in [4.78, 5) is 2.12. The Kier molecular flexibility index (Phi) is 5.05. The summed E-state index contributed by atoms with van der Waals surface area (Å²) in [7, 11) is 0. The first kappa shape index (κ1) is 20.4. The molecule has 1 fully saturated rings.